The molecule has 4 heterocycles. The first-order chi connectivity index (χ1) is 73.1. The fraction of sp³-hybridized carbons (Fsp3) is 0.0213. The first kappa shape index (κ1) is 90.0. The number of rotatable bonds is 18. The van der Waals surface area contributed by atoms with Gasteiger partial charge in [0.15, 0.2) is 0 Å². The molecule has 4 aromatic heterocycles. The molecule has 0 fully saturated rings. The Bertz CT molecular complexity index is 9370. The zero-order valence-corrected chi connectivity index (χ0v) is 84.0. The Morgan fingerprint density at radius 3 is 0.696 bits per heavy atom. The SMILES string of the molecule is CC1(C)c2cc(-c3ccc4sc5ccccc5c4c3)ccc2-c2ccc(N(c3ccc(-c4ccccc4)cc3)c3ccc(-c4ccccc4)cc3)cc21.c1ccc(-c2ccc(N(c3ccc(-c4ccc5sc6ccccc6c5c4)cc3)c3ccc4oc5ccccc5c4c3)cc2)cc1.c1ccc(-c2ccc(N(c3ccc(-c4ccccc4)cc3)c3ccc(-c4ccc(-c5ccc6sc7ccccc7c6c5)cc4)cc3)cc2)cc1. The van der Waals surface area contributed by atoms with E-state index in [9.17, 15) is 0 Å². The fourth-order valence-electron chi connectivity index (χ4n) is 21.6. The van der Waals surface area contributed by atoms with Gasteiger partial charge >= 0.3 is 0 Å². The van der Waals surface area contributed by atoms with Crippen molar-refractivity contribution in [3.05, 3.63) is 563 Å². The lowest BCUT2D eigenvalue weighted by molar-refractivity contribution is 0.660. The molecular weight excluding hydrogens is 1850 g/mol. The molecule has 1 aliphatic carbocycles. The van der Waals surface area contributed by atoms with Gasteiger partial charge in [-0.05, 0) is 304 Å². The molecule has 0 bridgehead atoms. The molecule has 0 aliphatic heterocycles. The molecule has 27 aromatic rings. The summed E-state index contributed by atoms with van der Waals surface area (Å²) in [5, 5.41) is 10.2. The van der Waals surface area contributed by atoms with Crippen LogP contribution in [-0.2, 0) is 5.41 Å². The van der Waals surface area contributed by atoms with Crippen LogP contribution in [0, 0.1) is 0 Å². The highest BCUT2D eigenvalue weighted by atomic mass is 32.1. The maximum absolute atomic E-state index is 6.16. The molecule has 28 rings (SSSR count). The first-order valence-electron chi connectivity index (χ1n) is 50.5. The number of hydrogen-bond acceptors (Lipinski definition) is 7. The standard InChI is InChI=1S/C51H37NS.C48H33NS.C42H27NOS/c1-51(2)47-32-39(38-22-30-50-46(31-38)45-15-9-10-16-49(45)53-50)21-28-43(47)44-29-27-42(33-48(44)51)52(40-23-17-36(18-24-40)34-11-5-3-6-12-34)41-25-19-37(20-26-41)35-13-7-4-8-14-35;1-3-9-34(10-4-1)37-19-26-42(27-20-37)49(43-28-21-38(22-29-43)35-11-5-2-6-12-35)44-30-23-39(24-31-44)36-15-17-40(18-16-36)41-25-32-48-46(33-41)45-13-7-8-14-47(45)50-48;1-2-8-28(9-3-1)29-14-19-32(20-15-29)43(34-23-24-40-37(27-34)35-10-4-6-12-39(35)44-40)33-21-16-30(17-22-33)31-18-25-42-38(26-31)36-11-5-7-13-41(36)45-42/h3-33H,1-2H3;1-33H;1-27H. The molecule has 0 spiro atoms. The number of furan rings is 1. The number of benzene rings is 23. The maximum Gasteiger partial charge on any atom is 0.135 e. The van der Waals surface area contributed by atoms with Crippen LogP contribution in [0.3, 0.4) is 0 Å². The third kappa shape index (κ3) is 17.4. The van der Waals surface area contributed by atoms with E-state index >= 15 is 0 Å². The van der Waals surface area contributed by atoms with Gasteiger partial charge in [0.1, 0.15) is 11.2 Å². The predicted octanol–water partition coefficient (Wildman–Crippen LogP) is 41.8. The van der Waals surface area contributed by atoms with Gasteiger partial charge in [0.2, 0.25) is 0 Å². The largest absolute Gasteiger partial charge is 0.456 e. The Labute approximate surface area is 873 Å². The summed E-state index contributed by atoms with van der Waals surface area (Å²) < 4.78 is 14.2. The molecule has 0 amide bonds. The zero-order chi connectivity index (χ0) is 98.5. The second-order valence-electron chi connectivity index (χ2n) is 38.6. The van der Waals surface area contributed by atoms with Gasteiger partial charge in [0.05, 0.1) is 0 Å². The van der Waals surface area contributed by atoms with Crippen molar-refractivity contribution < 1.29 is 4.42 Å². The fourth-order valence-corrected chi connectivity index (χ4v) is 24.8. The lowest BCUT2D eigenvalue weighted by Crippen LogP contribution is -2.16. The monoisotopic (exact) mass is 1940 g/mol. The van der Waals surface area contributed by atoms with Crippen LogP contribution in [-0.4, -0.2) is 0 Å². The van der Waals surface area contributed by atoms with Crippen LogP contribution in [0.15, 0.2) is 556 Å². The van der Waals surface area contributed by atoms with Gasteiger partial charge in [-0.1, -0.05) is 384 Å². The van der Waals surface area contributed by atoms with Gasteiger partial charge < -0.3 is 19.1 Å². The molecule has 700 valence electrons. The van der Waals surface area contributed by atoms with Crippen LogP contribution in [0.1, 0.15) is 25.0 Å². The summed E-state index contributed by atoms with van der Waals surface area (Å²) in [7, 11) is 0. The smallest absolute Gasteiger partial charge is 0.135 e. The lowest BCUT2D eigenvalue weighted by Gasteiger charge is -2.28. The molecule has 23 aromatic carbocycles. The number of nitrogens with zero attached hydrogens (tertiary/aromatic N) is 3. The lowest BCUT2D eigenvalue weighted by atomic mass is 9.81. The summed E-state index contributed by atoms with van der Waals surface area (Å²) in [6, 6.07) is 200. The van der Waals surface area contributed by atoms with Crippen molar-refractivity contribution in [2.45, 2.75) is 19.3 Å². The topological polar surface area (TPSA) is 22.9 Å². The Kier molecular flexibility index (Phi) is 23.6. The summed E-state index contributed by atoms with van der Waals surface area (Å²) in [4.78, 5) is 7.06. The zero-order valence-electron chi connectivity index (χ0n) is 81.5. The Hall–Kier alpha value is -18.1. The number of hydrogen-bond donors (Lipinski definition) is 0. The van der Waals surface area contributed by atoms with Gasteiger partial charge in [-0.15, -0.1) is 34.0 Å². The van der Waals surface area contributed by atoms with Crippen LogP contribution in [0.5, 0.6) is 0 Å². The van der Waals surface area contributed by atoms with Crippen molar-refractivity contribution in [2.24, 2.45) is 0 Å². The molecule has 0 radical (unpaired) electrons. The summed E-state index contributed by atoms with van der Waals surface area (Å²) in [5.41, 5.74) is 39.0. The van der Waals surface area contributed by atoms with Crippen LogP contribution in [0.4, 0.5) is 51.2 Å². The minimum absolute atomic E-state index is 0.171. The van der Waals surface area contributed by atoms with Gasteiger partial charge in [0, 0.05) is 128 Å². The average molecular weight is 1950 g/mol. The second kappa shape index (κ2) is 38.9. The molecular formula is C141H97N3OS3. The Balaban J connectivity index is 0.000000113. The third-order valence-corrected chi connectivity index (χ3v) is 32.8. The highest BCUT2D eigenvalue weighted by Gasteiger charge is 2.37. The van der Waals surface area contributed by atoms with Crippen molar-refractivity contribution in [1.82, 2.24) is 0 Å². The highest BCUT2D eigenvalue weighted by Crippen LogP contribution is 2.54. The summed E-state index contributed by atoms with van der Waals surface area (Å²) in [6.45, 7) is 4.77. The van der Waals surface area contributed by atoms with Crippen LogP contribution in [0.25, 0.3) is 194 Å². The van der Waals surface area contributed by atoms with Crippen molar-refractivity contribution in [1.29, 1.82) is 0 Å². The van der Waals surface area contributed by atoms with E-state index < -0.39 is 0 Å². The van der Waals surface area contributed by atoms with E-state index in [2.05, 4.69) is 568 Å². The van der Waals surface area contributed by atoms with E-state index in [4.69, 9.17) is 4.42 Å². The molecule has 0 atom stereocenters. The van der Waals surface area contributed by atoms with Crippen molar-refractivity contribution in [2.75, 3.05) is 14.7 Å². The molecule has 0 saturated heterocycles. The number of thiophene rings is 3. The normalized spacial score (nSPS) is 11.9. The molecule has 148 heavy (non-hydrogen) atoms. The predicted molar refractivity (Wildman–Crippen MR) is 636 cm³/mol. The van der Waals surface area contributed by atoms with Crippen molar-refractivity contribution in [3.63, 3.8) is 0 Å². The van der Waals surface area contributed by atoms with Gasteiger partial charge in [-0.2, -0.15) is 0 Å². The highest BCUT2D eigenvalue weighted by molar-refractivity contribution is 7.26. The van der Waals surface area contributed by atoms with E-state index in [0.29, 0.717) is 0 Å². The van der Waals surface area contributed by atoms with Crippen molar-refractivity contribution >= 4 is 168 Å². The number of fused-ring (bicyclic) bond motifs is 15. The summed E-state index contributed by atoms with van der Waals surface area (Å²) in [5.74, 6) is 0. The van der Waals surface area contributed by atoms with Crippen LogP contribution in [0.2, 0.25) is 0 Å². The minimum atomic E-state index is -0.171. The molecule has 0 unspecified atom stereocenters. The third-order valence-electron chi connectivity index (χ3n) is 29.3. The maximum atomic E-state index is 6.16. The summed E-state index contributed by atoms with van der Waals surface area (Å²) >= 11 is 5.59. The average Bonchev–Trinajstić information content (AvgIpc) is 1.56. The van der Waals surface area contributed by atoms with E-state index in [-0.39, 0.29) is 5.41 Å². The molecule has 0 saturated carbocycles. The number of para-hydroxylation sites is 1. The van der Waals surface area contributed by atoms with E-state index in [0.717, 1.165) is 73.1 Å². The second-order valence-corrected chi connectivity index (χ2v) is 41.8. The summed E-state index contributed by atoms with van der Waals surface area (Å²) in [6.07, 6.45) is 0. The van der Waals surface area contributed by atoms with Crippen LogP contribution >= 0.6 is 34.0 Å². The Morgan fingerprint density at radius 2 is 0.358 bits per heavy atom. The van der Waals surface area contributed by atoms with E-state index in [1.165, 1.54) is 183 Å². The molecule has 4 nitrogen and oxygen atoms in total. The Morgan fingerprint density at radius 1 is 0.149 bits per heavy atom. The molecule has 1 aliphatic rings. The number of anilines is 9. The van der Waals surface area contributed by atoms with Gasteiger partial charge in [-0.25, -0.2) is 0 Å². The first-order valence-corrected chi connectivity index (χ1v) is 53.0. The van der Waals surface area contributed by atoms with Crippen LogP contribution < -0.4 is 14.7 Å². The molecule has 0 N–H and O–H groups in total. The minimum Gasteiger partial charge on any atom is -0.456 e. The molecule has 7 heteroatoms. The van der Waals surface area contributed by atoms with Gasteiger partial charge in [0.25, 0.3) is 0 Å². The van der Waals surface area contributed by atoms with E-state index in [1.807, 2.05) is 46.1 Å². The quantitative estimate of drug-likeness (QED) is 0.0854. The van der Waals surface area contributed by atoms with Gasteiger partial charge in [-0.3, -0.25) is 0 Å². The van der Waals surface area contributed by atoms with E-state index in [1.54, 1.807) is 0 Å². The van der Waals surface area contributed by atoms with Crippen molar-refractivity contribution in [3.8, 4) is 111 Å².